The van der Waals surface area contributed by atoms with Crippen molar-refractivity contribution in [3.63, 3.8) is 0 Å². The molecule has 0 spiro atoms. The molecular formula is C14H25NO4. The van der Waals surface area contributed by atoms with Crippen LogP contribution in [0.2, 0.25) is 0 Å². The van der Waals surface area contributed by atoms with Gasteiger partial charge in [-0.15, -0.1) is 0 Å². The normalized spacial score (nSPS) is 31.6. The number of hydrogen-bond donors (Lipinski definition) is 2. The maximum atomic E-state index is 10.9. The fraction of sp³-hybridized carbons (Fsp3) is 0.929. The average molecular weight is 271 g/mol. The van der Waals surface area contributed by atoms with E-state index in [1.54, 1.807) is 7.11 Å². The summed E-state index contributed by atoms with van der Waals surface area (Å²) in [4.78, 5) is 13.2. The van der Waals surface area contributed by atoms with E-state index in [1.165, 1.54) is 12.8 Å². The zero-order chi connectivity index (χ0) is 13.9. The van der Waals surface area contributed by atoms with E-state index in [2.05, 4.69) is 4.90 Å². The molecule has 0 aromatic rings. The lowest BCUT2D eigenvalue weighted by atomic mass is 9.78. The van der Waals surface area contributed by atoms with Gasteiger partial charge in [-0.25, -0.2) is 0 Å². The predicted molar refractivity (Wildman–Crippen MR) is 71.0 cm³/mol. The van der Waals surface area contributed by atoms with Crippen LogP contribution in [0.3, 0.4) is 0 Å². The molecule has 2 fully saturated rings. The molecule has 0 aromatic heterocycles. The minimum Gasteiger partial charge on any atom is -0.481 e. The van der Waals surface area contributed by atoms with Gasteiger partial charge in [-0.2, -0.15) is 0 Å². The highest BCUT2D eigenvalue weighted by atomic mass is 16.5. The number of aliphatic carboxylic acids is 1. The fourth-order valence-corrected chi connectivity index (χ4v) is 2.98. The van der Waals surface area contributed by atoms with Crippen LogP contribution in [0.5, 0.6) is 0 Å². The molecule has 5 heteroatoms. The second-order valence-electron chi connectivity index (χ2n) is 6.03. The Morgan fingerprint density at radius 2 is 1.95 bits per heavy atom. The molecule has 2 aliphatic rings. The van der Waals surface area contributed by atoms with Crippen molar-refractivity contribution in [1.29, 1.82) is 0 Å². The maximum absolute atomic E-state index is 10.9. The van der Waals surface area contributed by atoms with Gasteiger partial charge in [0.15, 0.2) is 0 Å². The van der Waals surface area contributed by atoms with Gasteiger partial charge in [-0.05, 0) is 38.5 Å². The van der Waals surface area contributed by atoms with Crippen molar-refractivity contribution in [2.45, 2.75) is 50.2 Å². The van der Waals surface area contributed by atoms with E-state index in [1.807, 2.05) is 0 Å². The second kappa shape index (κ2) is 6.20. The summed E-state index contributed by atoms with van der Waals surface area (Å²) in [5.41, 5.74) is -0.706. The third kappa shape index (κ3) is 4.16. The van der Waals surface area contributed by atoms with Gasteiger partial charge < -0.3 is 14.9 Å². The first-order valence-corrected chi connectivity index (χ1v) is 7.22. The van der Waals surface area contributed by atoms with Crippen LogP contribution in [0.1, 0.15) is 38.5 Å². The van der Waals surface area contributed by atoms with Crippen molar-refractivity contribution in [2.75, 3.05) is 26.8 Å². The molecule has 5 nitrogen and oxygen atoms in total. The average Bonchev–Trinajstić information content (AvgIpc) is 3.19. The third-order valence-corrected chi connectivity index (χ3v) is 4.41. The molecule has 2 saturated carbocycles. The lowest BCUT2D eigenvalue weighted by Crippen LogP contribution is -2.47. The minimum absolute atomic E-state index is 0.270. The molecule has 19 heavy (non-hydrogen) atoms. The highest BCUT2D eigenvalue weighted by Gasteiger charge is 2.40. The Bertz CT molecular complexity index is 309. The van der Waals surface area contributed by atoms with Gasteiger partial charge in [0.1, 0.15) is 0 Å². The highest BCUT2D eigenvalue weighted by molar-refractivity contribution is 5.70. The predicted octanol–water partition coefficient (Wildman–Crippen LogP) is 1.10. The zero-order valence-electron chi connectivity index (χ0n) is 11.7. The number of carboxylic acids is 1. The SMILES string of the molecule is COCCN(CC1(O)CCC(C(=O)O)CC1)C1CC1. The number of nitrogens with zero attached hydrogens (tertiary/aromatic N) is 1. The molecule has 0 saturated heterocycles. The highest BCUT2D eigenvalue weighted by Crippen LogP contribution is 2.35. The van der Waals surface area contributed by atoms with Crippen LogP contribution in [0.15, 0.2) is 0 Å². The first-order valence-electron chi connectivity index (χ1n) is 7.22. The number of aliphatic hydroxyl groups is 1. The molecule has 0 atom stereocenters. The molecule has 2 N–H and O–H groups in total. The summed E-state index contributed by atoms with van der Waals surface area (Å²) in [6.07, 6.45) is 4.79. The van der Waals surface area contributed by atoms with E-state index in [9.17, 15) is 9.90 Å². The molecule has 0 aromatic carbocycles. The van der Waals surface area contributed by atoms with Crippen LogP contribution in [0.4, 0.5) is 0 Å². The van der Waals surface area contributed by atoms with Gasteiger partial charge in [0.2, 0.25) is 0 Å². The van der Waals surface area contributed by atoms with Gasteiger partial charge in [0.25, 0.3) is 0 Å². The third-order valence-electron chi connectivity index (χ3n) is 4.41. The van der Waals surface area contributed by atoms with Gasteiger partial charge in [-0.3, -0.25) is 9.69 Å². The standard InChI is InChI=1S/C14H25NO4/c1-19-9-8-15(12-2-3-12)10-14(18)6-4-11(5-7-14)13(16)17/h11-12,18H,2-10H2,1H3,(H,16,17). The van der Waals surface area contributed by atoms with Gasteiger partial charge in [-0.1, -0.05) is 0 Å². The van der Waals surface area contributed by atoms with Crippen LogP contribution in [0.25, 0.3) is 0 Å². The molecule has 0 amide bonds. The van der Waals surface area contributed by atoms with Crippen molar-refractivity contribution < 1.29 is 19.7 Å². The van der Waals surface area contributed by atoms with E-state index in [-0.39, 0.29) is 5.92 Å². The maximum Gasteiger partial charge on any atom is 0.306 e. The first kappa shape index (κ1) is 14.8. The molecule has 2 aliphatic carbocycles. The zero-order valence-corrected chi connectivity index (χ0v) is 11.7. The van der Waals surface area contributed by atoms with Crippen molar-refractivity contribution in [3.8, 4) is 0 Å². The Hall–Kier alpha value is -0.650. The van der Waals surface area contributed by atoms with Gasteiger partial charge in [0.05, 0.1) is 18.1 Å². The van der Waals surface area contributed by atoms with Crippen molar-refractivity contribution in [3.05, 3.63) is 0 Å². The number of ether oxygens (including phenoxy) is 1. The van der Waals surface area contributed by atoms with E-state index in [0.29, 0.717) is 44.9 Å². The van der Waals surface area contributed by atoms with Crippen LogP contribution in [-0.4, -0.2) is 59.5 Å². The van der Waals surface area contributed by atoms with Gasteiger partial charge in [0, 0.05) is 26.2 Å². The molecule has 0 aliphatic heterocycles. The summed E-state index contributed by atoms with van der Waals surface area (Å²) in [6, 6.07) is 0.594. The summed E-state index contributed by atoms with van der Waals surface area (Å²) in [6.45, 7) is 2.20. The van der Waals surface area contributed by atoms with E-state index in [4.69, 9.17) is 9.84 Å². The Morgan fingerprint density at radius 1 is 1.32 bits per heavy atom. The molecule has 110 valence electrons. The van der Waals surface area contributed by atoms with Gasteiger partial charge >= 0.3 is 5.97 Å². The van der Waals surface area contributed by atoms with Crippen molar-refractivity contribution >= 4 is 5.97 Å². The number of hydrogen-bond acceptors (Lipinski definition) is 4. The second-order valence-corrected chi connectivity index (χ2v) is 6.03. The number of carbonyl (C=O) groups is 1. The summed E-state index contributed by atoms with van der Waals surface area (Å²) >= 11 is 0. The quantitative estimate of drug-likeness (QED) is 0.725. The van der Waals surface area contributed by atoms with Crippen molar-refractivity contribution in [2.24, 2.45) is 5.92 Å². The van der Waals surface area contributed by atoms with Crippen LogP contribution in [-0.2, 0) is 9.53 Å². The molecule has 0 bridgehead atoms. The molecule has 0 unspecified atom stereocenters. The Balaban J connectivity index is 1.84. The molecular weight excluding hydrogens is 246 g/mol. The van der Waals surface area contributed by atoms with E-state index >= 15 is 0 Å². The summed E-state index contributed by atoms with van der Waals surface area (Å²) in [7, 11) is 1.69. The number of rotatable bonds is 7. The Labute approximate surface area is 114 Å². The Kier molecular flexibility index (Phi) is 4.81. The fourth-order valence-electron chi connectivity index (χ4n) is 2.98. The smallest absolute Gasteiger partial charge is 0.306 e. The lowest BCUT2D eigenvalue weighted by molar-refractivity contribution is -0.145. The molecule has 0 heterocycles. The number of carboxylic acid groups (broad SMARTS) is 1. The van der Waals surface area contributed by atoms with Crippen molar-refractivity contribution in [1.82, 2.24) is 4.90 Å². The van der Waals surface area contributed by atoms with Crippen LogP contribution >= 0.6 is 0 Å². The molecule has 0 radical (unpaired) electrons. The summed E-state index contributed by atoms with van der Waals surface area (Å²) in [5.74, 6) is -0.992. The first-order chi connectivity index (χ1) is 9.04. The topological polar surface area (TPSA) is 70.0 Å². The Morgan fingerprint density at radius 3 is 2.42 bits per heavy atom. The monoisotopic (exact) mass is 271 g/mol. The van der Waals surface area contributed by atoms with E-state index < -0.39 is 11.6 Å². The lowest BCUT2D eigenvalue weighted by Gasteiger charge is -2.38. The number of methoxy groups -OCH3 is 1. The summed E-state index contributed by atoms with van der Waals surface area (Å²) in [5, 5.41) is 19.6. The van der Waals surface area contributed by atoms with Crippen LogP contribution in [0, 0.1) is 5.92 Å². The largest absolute Gasteiger partial charge is 0.481 e. The summed E-state index contributed by atoms with van der Waals surface area (Å²) < 4.78 is 5.12. The van der Waals surface area contributed by atoms with E-state index in [0.717, 1.165) is 6.54 Å². The minimum atomic E-state index is -0.722. The van der Waals surface area contributed by atoms with Crippen LogP contribution < -0.4 is 0 Å². The molecule has 2 rings (SSSR count).